The Bertz CT molecular complexity index is 870. The number of hydrogen-bond donors (Lipinski definition) is 2. The quantitative estimate of drug-likeness (QED) is 0.559. The van der Waals surface area contributed by atoms with Gasteiger partial charge in [0.2, 0.25) is 0 Å². The van der Waals surface area contributed by atoms with Gasteiger partial charge in [0.15, 0.2) is 0 Å². The number of hydrogen-bond acceptors (Lipinski definition) is 5. The Hall–Kier alpha value is -1.89. The highest BCUT2D eigenvalue weighted by Gasteiger charge is 2.31. The first-order valence-corrected chi connectivity index (χ1v) is 11.5. The molecule has 1 saturated heterocycles. The molecule has 1 aromatic carbocycles. The van der Waals surface area contributed by atoms with Crippen LogP contribution >= 0.6 is 22.9 Å². The number of amidine groups is 2. The molecule has 0 amide bonds. The van der Waals surface area contributed by atoms with Gasteiger partial charge in [-0.1, -0.05) is 23.7 Å². The van der Waals surface area contributed by atoms with Crippen molar-refractivity contribution >= 4 is 39.6 Å². The Balaban J connectivity index is 1.32. The van der Waals surface area contributed by atoms with Crippen LogP contribution in [0.15, 0.2) is 35.7 Å². The molecule has 0 saturated carbocycles. The lowest BCUT2D eigenvalue weighted by Crippen LogP contribution is -2.46. The van der Waals surface area contributed by atoms with Crippen molar-refractivity contribution in [2.75, 3.05) is 44.7 Å². The van der Waals surface area contributed by atoms with E-state index in [-0.39, 0.29) is 5.92 Å². The number of nitrogens with zero attached hydrogens (tertiary/aromatic N) is 3. The molecule has 4 rings (SSSR count). The van der Waals surface area contributed by atoms with Crippen LogP contribution in [0, 0.1) is 16.7 Å². The Kier molecular flexibility index (Phi) is 6.23. The molecular formula is C22H28ClN5S. The van der Waals surface area contributed by atoms with Crippen molar-refractivity contribution < 1.29 is 0 Å². The molecule has 0 aliphatic carbocycles. The van der Waals surface area contributed by atoms with Crippen LogP contribution in [-0.4, -0.2) is 61.2 Å². The average Bonchev–Trinajstić information content (AvgIpc) is 3.19. The third-order valence-corrected chi connectivity index (χ3v) is 7.35. The number of thiophene rings is 1. The Morgan fingerprint density at radius 2 is 1.83 bits per heavy atom. The van der Waals surface area contributed by atoms with Gasteiger partial charge in [-0.15, -0.1) is 11.3 Å². The highest BCUT2D eigenvalue weighted by atomic mass is 35.5. The van der Waals surface area contributed by atoms with E-state index in [2.05, 4.69) is 29.0 Å². The van der Waals surface area contributed by atoms with Gasteiger partial charge in [-0.05, 0) is 61.5 Å². The van der Waals surface area contributed by atoms with Crippen molar-refractivity contribution in [2.24, 2.45) is 5.92 Å². The summed E-state index contributed by atoms with van der Waals surface area (Å²) in [7, 11) is 2.08. The highest BCUT2D eigenvalue weighted by molar-refractivity contribution is 7.14. The molecule has 29 heavy (non-hydrogen) atoms. The number of halogens is 1. The molecule has 1 aromatic heterocycles. The molecule has 7 heteroatoms. The van der Waals surface area contributed by atoms with Crippen molar-refractivity contribution in [1.82, 2.24) is 9.80 Å². The van der Waals surface area contributed by atoms with Crippen LogP contribution in [-0.2, 0) is 6.42 Å². The molecular weight excluding hydrogens is 402 g/mol. The molecule has 154 valence electrons. The zero-order chi connectivity index (χ0) is 20.4. The van der Waals surface area contributed by atoms with Crippen LogP contribution in [0.25, 0.3) is 0 Å². The third kappa shape index (κ3) is 4.49. The van der Waals surface area contributed by atoms with E-state index in [4.69, 9.17) is 22.4 Å². The van der Waals surface area contributed by atoms with Gasteiger partial charge in [0.1, 0.15) is 16.7 Å². The van der Waals surface area contributed by atoms with Crippen LogP contribution in [0.5, 0.6) is 0 Å². The van der Waals surface area contributed by atoms with Crippen LogP contribution in [0.1, 0.15) is 24.0 Å². The molecule has 5 nitrogen and oxygen atoms in total. The van der Waals surface area contributed by atoms with E-state index in [1.165, 1.54) is 5.56 Å². The summed E-state index contributed by atoms with van der Waals surface area (Å²) in [6.07, 6.45) is 3.02. The van der Waals surface area contributed by atoms with E-state index in [1.807, 2.05) is 28.5 Å². The maximum Gasteiger partial charge on any atom is 0.136 e. The van der Waals surface area contributed by atoms with Crippen molar-refractivity contribution in [3.05, 3.63) is 51.9 Å². The largest absolute Gasteiger partial charge is 0.364 e. The monoisotopic (exact) mass is 429 g/mol. The molecule has 0 atom stereocenters. The molecule has 2 aliphatic rings. The minimum absolute atomic E-state index is 0.243. The van der Waals surface area contributed by atoms with Gasteiger partial charge in [0.25, 0.3) is 0 Å². The Labute approximate surface area is 181 Å². The van der Waals surface area contributed by atoms with Crippen molar-refractivity contribution in [3.63, 3.8) is 0 Å². The molecule has 0 unspecified atom stereocenters. The van der Waals surface area contributed by atoms with E-state index < -0.39 is 0 Å². The lowest BCUT2D eigenvalue weighted by atomic mass is 9.94. The second-order valence-corrected chi connectivity index (χ2v) is 9.27. The third-order valence-electron chi connectivity index (χ3n) is 6.07. The molecule has 2 aliphatic heterocycles. The van der Waals surface area contributed by atoms with Crippen LogP contribution in [0.4, 0.5) is 5.00 Å². The summed E-state index contributed by atoms with van der Waals surface area (Å²) < 4.78 is 0. The number of anilines is 1. The number of rotatable bonds is 4. The Morgan fingerprint density at radius 1 is 1.10 bits per heavy atom. The van der Waals surface area contributed by atoms with Gasteiger partial charge in [-0.25, -0.2) is 0 Å². The number of likely N-dealkylation sites (tertiary alicyclic amines) is 1. The van der Waals surface area contributed by atoms with Crippen LogP contribution in [0.3, 0.4) is 0 Å². The summed E-state index contributed by atoms with van der Waals surface area (Å²) in [5, 5.41) is 21.5. The van der Waals surface area contributed by atoms with Gasteiger partial charge in [-0.2, -0.15) is 0 Å². The standard InChI is InChI=1S/C22H28ClN5S/c1-26-13-14-28(21(25)19-9-15-29-22(19)26)20(24)17-7-11-27(12-8-17)10-6-16-2-4-18(23)5-3-16/h2-5,9,15,17,24-25H,6-8,10-14H2,1H3. The average molecular weight is 430 g/mol. The molecule has 2 aromatic rings. The fourth-order valence-electron chi connectivity index (χ4n) is 4.22. The number of likely N-dealkylation sites (N-methyl/N-ethyl adjacent to an activating group) is 1. The summed E-state index contributed by atoms with van der Waals surface area (Å²) >= 11 is 7.65. The zero-order valence-electron chi connectivity index (χ0n) is 16.8. The van der Waals surface area contributed by atoms with Crippen LogP contribution < -0.4 is 4.90 Å². The van der Waals surface area contributed by atoms with Gasteiger partial charge in [-0.3, -0.25) is 10.8 Å². The smallest absolute Gasteiger partial charge is 0.136 e. The zero-order valence-corrected chi connectivity index (χ0v) is 18.4. The molecule has 3 heterocycles. The lowest BCUT2D eigenvalue weighted by molar-refractivity contribution is 0.207. The lowest BCUT2D eigenvalue weighted by Gasteiger charge is -2.35. The normalized spacial score (nSPS) is 18.6. The molecule has 0 spiro atoms. The minimum atomic E-state index is 0.243. The van der Waals surface area contributed by atoms with E-state index in [0.29, 0.717) is 18.2 Å². The predicted molar refractivity (Wildman–Crippen MR) is 123 cm³/mol. The summed E-state index contributed by atoms with van der Waals surface area (Å²) in [4.78, 5) is 6.64. The van der Waals surface area contributed by atoms with Crippen molar-refractivity contribution in [3.8, 4) is 0 Å². The Morgan fingerprint density at radius 3 is 2.55 bits per heavy atom. The van der Waals surface area contributed by atoms with Crippen molar-refractivity contribution in [2.45, 2.75) is 19.3 Å². The van der Waals surface area contributed by atoms with Crippen molar-refractivity contribution in [1.29, 1.82) is 10.8 Å². The second kappa shape index (κ2) is 8.86. The van der Waals surface area contributed by atoms with Gasteiger partial charge in [0.05, 0.1) is 5.56 Å². The highest BCUT2D eigenvalue weighted by Crippen LogP contribution is 2.31. The van der Waals surface area contributed by atoms with E-state index >= 15 is 0 Å². The molecule has 1 fully saturated rings. The summed E-state index contributed by atoms with van der Waals surface area (Å²) in [5.41, 5.74) is 2.28. The first kappa shape index (κ1) is 20.4. The fraction of sp³-hybridized carbons (Fsp3) is 0.455. The van der Waals surface area contributed by atoms with E-state index in [0.717, 1.165) is 61.0 Å². The van der Waals surface area contributed by atoms with E-state index in [9.17, 15) is 0 Å². The number of fused-ring (bicyclic) bond motifs is 1. The maximum absolute atomic E-state index is 8.83. The minimum Gasteiger partial charge on any atom is -0.364 e. The number of nitrogens with one attached hydrogen (secondary N) is 2. The van der Waals surface area contributed by atoms with Crippen LogP contribution in [0.2, 0.25) is 5.02 Å². The number of benzene rings is 1. The maximum atomic E-state index is 8.83. The molecule has 0 bridgehead atoms. The first-order valence-electron chi connectivity index (χ1n) is 10.2. The first-order chi connectivity index (χ1) is 14.0. The summed E-state index contributed by atoms with van der Waals surface area (Å²) in [5.74, 6) is 1.35. The summed E-state index contributed by atoms with van der Waals surface area (Å²) in [6, 6.07) is 10.1. The molecule has 2 N–H and O–H groups in total. The van der Waals surface area contributed by atoms with E-state index in [1.54, 1.807) is 11.3 Å². The van der Waals surface area contributed by atoms with Gasteiger partial charge >= 0.3 is 0 Å². The SMILES string of the molecule is CN1CCN(C(=N)C2CCN(CCc3ccc(Cl)cc3)CC2)C(=N)c2ccsc21. The fourth-order valence-corrected chi connectivity index (χ4v) is 5.24. The van der Waals surface area contributed by atoms with Gasteiger partial charge in [0, 0.05) is 37.6 Å². The predicted octanol–water partition coefficient (Wildman–Crippen LogP) is 4.41. The molecule has 0 radical (unpaired) electrons. The second-order valence-electron chi connectivity index (χ2n) is 7.94. The number of piperidine rings is 1. The van der Waals surface area contributed by atoms with Gasteiger partial charge < -0.3 is 14.7 Å². The summed E-state index contributed by atoms with van der Waals surface area (Å²) in [6.45, 7) is 4.64. The topological polar surface area (TPSA) is 57.4 Å².